The highest BCUT2D eigenvalue weighted by molar-refractivity contribution is 5.81. The van der Waals surface area contributed by atoms with E-state index in [1.807, 2.05) is 24.3 Å². The number of hydrogen-bond donors (Lipinski definition) is 2. The quantitative estimate of drug-likeness (QED) is 0.314. The average Bonchev–Trinajstić information content (AvgIpc) is 2.51. The maximum absolute atomic E-state index is 11.4. The Morgan fingerprint density at radius 2 is 2.05 bits per heavy atom. The third-order valence-electron chi connectivity index (χ3n) is 2.87. The fraction of sp³-hybridized carbons (Fsp3) is 0.467. The molecule has 0 radical (unpaired) electrons. The van der Waals surface area contributed by atoms with Gasteiger partial charge in [0.25, 0.3) is 5.91 Å². The minimum absolute atomic E-state index is 0.0145. The van der Waals surface area contributed by atoms with Gasteiger partial charge in [-0.25, -0.2) is 0 Å². The minimum Gasteiger partial charge on any atom is -0.484 e. The van der Waals surface area contributed by atoms with Gasteiger partial charge < -0.3 is 20.0 Å². The Morgan fingerprint density at radius 1 is 1.33 bits per heavy atom. The lowest BCUT2D eigenvalue weighted by Gasteiger charge is -2.08. The van der Waals surface area contributed by atoms with Crippen LogP contribution in [-0.2, 0) is 16.0 Å². The predicted molar refractivity (Wildman–Crippen MR) is 80.0 cm³/mol. The number of benzene rings is 1. The number of nitrogens with one attached hydrogen (secondary N) is 1. The topological polar surface area (TPSA) is 80.2 Å². The molecule has 1 amide bonds. The third kappa shape index (κ3) is 7.31. The average molecular weight is 294 g/mol. The summed E-state index contributed by atoms with van der Waals surface area (Å²) in [6, 6.07) is 7.51. The van der Waals surface area contributed by atoms with Gasteiger partial charge in [-0.2, -0.15) is 0 Å². The van der Waals surface area contributed by atoms with Crippen LogP contribution in [0.2, 0.25) is 0 Å². The monoisotopic (exact) mass is 294 g/mol. The van der Waals surface area contributed by atoms with E-state index < -0.39 is 0 Å². The Kier molecular flexibility index (Phi) is 7.89. The molecule has 0 aliphatic heterocycles. The maximum Gasteiger partial charge on any atom is 0.258 e. The molecule has 0 bridgehead atoms. The van der Waals surface area contributed by atoms with E-state index in [1.165, 1.54) is 0 Å². The van der Waals surface area contributed by atoms with E-state index in [2.05, 4.69) is 10.5 Å². The molecule has 21 heavy (non-hydrogen) atoms. The molecular weight excluding hydrogens is 272 g/mol. The first-order chi connectivity index (χ1) is 10.2. The van der Waals surface area contributed by atoms with Crippen LogP contribution in [0.1, 0.15) is 18.9 Å². The smallest absolute Gasteiger partial charge is 0.258 e. The van der Waals surface area contributed by atoms with Gasteiger partial charge in [0.15, 0.2) is 6.61 Å². The third-order valence-corrected chi connectivity index (χ3v) is 2.87. The molecule has 0 aliphatic rings. The summed E-state index contributed by atoms with van der Waals surface area (Å²) in [6.45, 7) is 2.72. The summed E-state index contributed by atoms with van der Waals surface area (Å²) in [5.74, 6) is 0.471. The zero-order valence-corrected chi connectivity index (χ0v) is 12.5. The molecule has 0 fully saturated rings. The molecule has 1 aromatic carbocycles. The van der Waals surface area contributed by atoms with E-state index >= 15 is 0 Å². The molecule has 1 aromatic rings. The second kappa shape index (κ2) is 9.77. The van der Waals surface area contributed by atoms with Crippen LogP contribution in [0.15, 0.2) is 29.4 Å². The van der Waals surface area contributed by atoms with Gasteiger partial charge in [0.2, 0.25) is 0 Å². The summed E-state index contributed by atoms with van der Waals surface area (Å²) in [6.07, 6.45) is 1.51. The van der Waals surface area contributed by atoms with E-state index in [4.69, 9.17) is 14.7 Å². The predicted octanol–water partition coefficient (Wildman–Crippen LogP) is 1.61. The molecule has 0 aliphatic carbocycles. The summed E-state index contributed by atoms with van der Waals surface area (Å²) >= 11 is 0. The van der Waals surface area contributed by atoms with E-state index in [1.54, 1.807) is 14.0 Å². The number of ether oxygens (including phenoxy) is 2. The Hall–Kier alpha value is -2.08. The van der Waals surface area contributed by atoms with Gasteiger partial charge in [-0.1, -0.05) is 17.3 Å². The van der Waals surface area contributed by atoms with Crippen molar-refractivity contribution in [3.63, 3.8) is 0 Å². The van der Waals surface area contributed by atoms with Crippen molar-refractivity contribution in [2.75, 3.05) is 26.9 Å². The van der Waals surface area contributed by atoms with Crippen molar-refractivity contribution in [1.29, 1.82) is 0 Å². The molecule has 1 rings (SSSR count). The summed E-state index contributed by atoms with van der Waals surface area (Å²) < 4.78 is 10.2. The molecule has 2 N–H and O–H groups in total. The number of aryl methyl sites for hydroxylation is 1. The van der Waals surface area contributed by atoms with Crippen LogP contribution in [-0.4, -0.2) is 43.7 Å². The van der Waals surface area contributed by atoms with Crippen molar-refractivity contribution in [3.8, 4) is 5.75 Å². The highest BCUT2D eigenvalue weighted by atomic mass is 16.5. The number of amides is 1. The second-order valence-electron chi connectivity index (χ2n) is 4.61. The van der Waals surface area contributed by atoms with Crippen LogP contribution >= 0.6 is 0 Å². The molecule has 6 nitrogen and oxygen atoms in total. The first-order valence-electron chi connectivity index (χ1n) is 6.80. The van der Waals surface area contributed by atoms with Gasteiger partial charge in [0.1, 0.15) is 5.75 Å². The Morgan fingerprint density at radius 3 is 2.67 bits per heavy atom. The lowest BCUT2D eigenvalue weighted by molar-refractivity contribution is -0.123. The van der Waals surface area contributed by atoms with Crippen LogP contribution in [0.4, 0.5) is 0 Å². The molecule has 0 unspecified atom stereocenters. The van der Waals surface area contributed by atoms with Crippen molar-refractivity contribution < 1.29 is 19.5 Å². The van der Waals surface area contributed by atoms with E-state index in [-0.39, 0.29) is 12.5 Å². The number of hydrogen-bond acceptors (Lipinski definition) is 5. The summed E-state index contributed by atoms with van der Waals surface area (Å²) in [7, 11) is 1.58. The molecule has 0 aromatic heterocycles. The van der Waals surface area contributed by atoms with E-state index in [9.17, 15) is 4.79 Å². The van der Waals surface area contributed by atoms with Crippen LogP contribution in [0.3, 0.4) is 0 Å². The molecule has 0 atom stereocenters. The number of oxime groups is 1. The molecule has 0 saturated heterocycles. The van der Waals surface area contributed by atoms with E-state index in [0.717, 1.165) is 12.0 Å². The number of carbonyl (C=O) groups is 1. The van der Waals surface area contributed by atoms with Gasteiger partial charge in [0.05, 0.1) is 12.3 Å². The van der Waals surface area contributed by atoms with Crippen LogP contribution in [0.25, 0.3) is 0 Å². The minimum atomic E-state index is -0.175. The Balaban J connectivity index is 2.32. The lowest BCUT2D eigenvalue weighted by Crippen LogP contribution is -2.31. The van der Waals surface area contributed by atoms with Crippen LogP contribution < -0.4 is 10.1 Å². The van der Waals surface area contributed by atoms with Crippen molar-refractivity contribution in [3.05, 3.63) is 29.8 Å². The largest absolute Gasteiger partial charge is 0.484 e. The van der Waals surface area contributed by atoms with Crippen molar-refractivity contribution in [2.45, 2.75) is 19.8 Å². The second-order valence-corrected chi connectivity index (χ2v) is 4.61. The van der Waals surface area contributed by atoms with Crippen molar-refractivity contribution >= 4 is 11.6 Å². The molecule has 0 saturated carbocycles. The van der Waals surface area contributed by atoms with Gasteiger partial charge in [-0.05, 0) is 37.5 Å². The number of methoxy groups -OCH3 is 1. The van der Waals surface area contributed by atoms with Crippen LogP contribution in [0.5, 0.6) is 5.75 Å². The molecular formula is C15H22N2O4. The van der Waals surface area contributed by atoms with Gasteiger partial charge in [-0.3, -0.25) is 4.79 Å². The maximum atomic E-state index is 11.4. The number of rotatable bonds is 9. The molecule has 0 heterocycles. The zero-order valence-electron chi connectivity index (χ0n) is 12.5. The highest BCUT2D eigenvalue weighted by Crippen LogP contribution is 2.13. The fourth-order valence-electron chi connectivity index (χ4n) is 1.62. The number of nitrogens with zero attached hydrogens (tertiary/aromatic N) is 1. The Bertz CT molecular complexity index is 457. The first-order valence-corrected chi connectivity index (χ1v) is 6.80. The van der Waals surface area contributed by atoms with Gasteiger partial charge in [-0.15, -0.1) is 0 Å². The standard InChI is InChI=1S/C15H22N2O4/c1-12(17-19)3-4-13-5-7-14(8-6-13)21-11-15(18)16-9-10-20-2/h5-8,19H,3-4,9-11H2,1-2H3,(H,16,18). The van der Waals surface area contributed by atoms with Crippen LogP contribution in [0, 0.1) is 0 Å². The summed E-state index contributed by atoms with van der Waals surface area (Å²) in [5, 5.41) is 14.4. The summed E-state index contributed by atoms with van der Waals surface area (Å²) in [5.41, 5.74) is 1.82. The summed E-state index contributed by atoms with van der Waals surface area (Å²) in [4.78, 5) is 11.4. The Labute approximate surface area is 124 Å². The first kappa shape index (κ1) is 17.0. The molecule has 0 spiro atoms. The van der Waals surface area contributed by atoms with E-state index in [0.29, 0.717) is 31.0 Å². The highest BCUT2D eigenvalue weighted by Gasteiger charge is 2.02. The molecule has 6 heteroatoms. The SMILES string of the molecule is COCCNC(=O)COc1ccc(CCC(C)=NO)cc1. The zero-order chi connectivity index (χ0) is 15.5. The number of carbonyl (C=O) groups excluding carboxylic acids is 1. The fourth-order valence-corrected chi connectivity index (χ4v) is 1.62. The molecule has 116 valence electrons. The van der Waals surface area contributed by atoms with Gasteiger partial charge >= 0.3 is 0 Å². The van der Waals surface area contributed by atoms with Crippen molar-refractivity contribution in [2.24, 2.45) is 5.16 Å². The normalized spacial score (nSPS) is 11.2. The van der Waals surface area contributed by atoms with Crippen molar-refractivity contribution in [1.82, 2.24) is 5.32 Å². The van der Waals surface area contributed by atoms with Gasteiger partial charge in [0, 0.05) is 13.7 Å². The lowest BCUT2D eigenvalue weighted by atomic mass is 10.1.